The maximum Gasteiger partial charge on any atom is 0.414 e. The highest BCUT2D eigenvalue weighted by Crippen LogP contribution is 2.38. The van der Waals surface area contributed by atoms with Gasteiger partial charge in [0.2, 0.25) is 0 Å². The van der Waals surface area contributed by atoms with E-state index in [1.54, 1.807) is 60.9 Å². The maximum absolute atomic E-state index is 15.1. The molecule has 1 unspecified atom stereocenters. The summed E-state index contributed by atoms with van der Waals surface area (Å²) in [5.74, 6) is -0.156. The van der Waals surface area contributed by atoms with Crippen LogP contribution in [-0.4, -0.2) is 56.4 Å². The highest BCUT2D eigenvalue weighted by Gasteiger charge is 2.40. The lowest BCUT2D eigenvalue weighted by Crippen LogP contribution is -2.45. The molecule has 2 aliphatic rings. The number of benzene rings is 2. The van der Waals surface area contributed by atoms with E-state index in [1.807, 2.05) is 0 Å². The Morgan fingerprint density at radius 2 is 1.69 bits per heavy atom. The van der Waals surface area contributed by atoms with Crippen LogP contribution in [0.3, 0.4) is 0 Å². The van der Waals surface area contributed by atoms with Crippen molar-refractivity contribution < 1.29 is 37.9 Å². The molecule has 4 atom stereocenters. The lowest BCUT2D eigenvalue weighted by atomic mass is 10.0. The van der Waals surface area contributed by atoms with Crippen LogP contribution in [0.2, 0.25) is 10.0 Å². The molecule has 1 amide bonds. The number of esters is 1. The number of thiophene rings is 1. The van der Waals surface area contributed by atoms with Gasteiger partial charge < -0.3 is 23.8 Å². The fourth-order valence-corrected chi connectivity index (χ4v) is 8.05. The van der Waals surface area contributed by atoms with E-state index >= 15 is 4.39 Å². The van der Waals surface area contributed by atoms with Gasteiger partial charge in [0.25, 0.3) is 0 Å². The molecule has 13 heteroatoms. The monoisotopic (exact) mass is 728 g/mol. The summed E-state index contributed by atoms with van der Waals surface area (Å²) in [6, 6.07) is 15.4. The minimum Gasteiger partial charge on any atom is -0.493 e. The Balaban J connectivity index is 1.22. The Kier molecular flexibility index (Phi) is 10.9. The number of aromatic nitrogens is 1. The van der Waals surface area contributed by atoms with Crippen LogP contribution in [0.25, 0.3) is 0 Å². The molecule has 0 saturated carbocycles. The minimum absolute atomic E-state index is 0.00202. The third-order valence-corrected chi connectivity index (χ3v) is 11.0. The van der Waals surface area contributed by atoms with Crippen molar-refractivity contribution in [2.24, 2.45) is 0 Å². The molecule has 2 aliphatic heterocycles. The van der Waals surface area contributed by atoms with Gasteiger partial charge in [0.1, 0.15) is 32.9 Å². The number of anilines is 1. The fourth-order valence-electron chi connectivity index (χ4n) is 6.64. The third kappa shape index (κ3) is 7.80. The van der Waals surface area contributed by atoms with Crippen LogP contribution in [0.5, 0.6) is 11.5 Å². The Bertz CT molecular complexity index is 1790. The fraction of sp³-hybridized carbons (Fsp3) is 0.361. The first-order valence-electron chi connectivity index (χ1n) is 15.9. The van der Waals surface area contributed by atoms with Crippen LogP contribution >= 0.6 is 34.5 Å². The molecule has 49 heavy (non-hydrogen) atoms. The van der Waals surface area contributed by atoms with E-state index in [9.17, 15) is 9.59 Å². The van der Waals surface area contributed by atoms with Crippen LogP contribution in [-0.2, 0) is 22.4 Å². The number of carbonyl (C=O) groups is 2. The number of piperidine rings is 1. The molecule has 0 spiro atoms. The molecule has 2 bridgehead atoms. The summed E-state index contributed by atoms with van der Waals surface area (Å²) in [5.41, 5.74) is 1.33. The predicted octanol–water partition coefficient (Wildman–Crippen LogP) is 7.93. The first-order valence-corrected chi connectivity index (χ1v) is 17.5. The summed E-state index contributed by atoms with van der Waals surface area (Å²) in [6.07, 6.45) is 5.36. The molecule has 9 nitrogen and oxygen atoms in total. The zero-order chi connectivity index (χ0) is 34.7. The van der Waals surface area contributed by atoms with E-state index in [0.717, 1.165) is 37.0 Å². The number of aromatic amines is 1. The minimum atomic E-state index is -0.801. The molecule has 2 aromatic heterocycles. The van der Waals surface area contributed by atoms with Gasteiger partial charge in [-0.1, -0.05) is 41.4 Å². The zero-order valence-corrected chi connectivity index (χ0v) is 29.6. The lowest BCUT2D eigenvalue weighted by Gasteiger charge is -2.36. The predicted molar refractivity (Wildman–Crippen MR) is 185 cm³/mol. The van der Waals surface area contributed by atoms with E-state index in [4.69, 9.17) is 42.1 Å². The van der Waals surface area contributed by atoms with Crippen molar-refractivity contribution in [1.82, 2.24) is 4.90 Å². The normalized spacial score (nSPS) is 19.3. The number of ether oxygens (including phenoxy) is 4. The van der Waals surface area contributed by atoms with Gasteiger partial charge in [0, 0.05) is 41.8 Å². The highest BCUT2D eigenvalue weighted by atomic mass is 35.5. The Labute approximate surface area is 298 Å². The van der Waals surface area contributed by atoms with Gasteiger partial charge in [0.05, 0.1) is 26.5 Å². The molecule has 6 rings (SSSR count). The number of methoxy groups -OCH3 is 2. The van der Waals surface area contributed by atoms with E-state index < -0.39 is 24.0 Å². The van der Waals surface area contributed by atoms with Gasteiger partial charge in [-0.05, 0) is 61.9 Å². The van der Waals surface area contributed by atoms with Crippen molar-refractivity contribution in [1.29, 1.82) is 0 Å². The van der Waals surface area contributed by atoms with Gasteiger partial charge in [-0.2, -0.15) is 0 Å². The van der Waals surface area contributed by atoms with Crippen LogP contribution in [0.4, 0.5) is 14.9 Å². The van der Waals surface area contributed by atoms with Crippen molar-refractivity contribution in [3.8, 4) is 11.5 Å². The maximum atomic E-state index is 15.1. The Morgan fingerprint density at radius 1 is 1.00 bits per heavy atom. The zero-order valence-electron chi connectivity index (χ0n) is 27.3. The molecular weight excluding hydrogens is 692 g/mol. The van der Waals surface area contributed by atoms with Gasteiger partial charge in [0.15, 0.2) is 23.9 Å². The summed E-state index contributed by atoms with van der Waals surface area (Å²) in [4.78, 5) is 34.8. The Morgan fingerprint density at radius 3 is 2.37 bits per heavy atom. The molecule has 2 fully saturated rings. The van der Waals surface area contributed by atoms with Crippen LogP contribution in [0.15, 0.2) is 67.0 Å². The van der Waals surface area contributed by atoms with Crippen LogP contribution in [0, 0.1) is 5.82 Å². The number of nitrogens with one attached hydrogen (secondary N) is 1. The van der Waals surface area contributed by atoms with Crippen molar-refractivity contribution >= 4 is 52.3 Å². The topological polar surface area (TPSA) is 91.7 Å². The number of carbonyl (C=O) groups excluding carboxylic acids is 2. The lowest BCUT2D eigenvalue weighted by molar-refractivity contribution is -0.377. The average Bonchev–Trinajstić information content (AvgIpc) is 3.64. The summed E-state index contributed by atoms with van der Waals surface area (Å²) in [5, 5.41) is 0.779. The average molecular weight is 730 g/mol. The largest absolute Gasteiger partial charge is 0.493 e. The van der Waals surface area contributed by atoms with Gasteiger partial charge in [-0.3, -0.25) is 4.90 Å². The van der Waals surface area contributed by atoms with Gasteiger partial charge in [-0.25, -0.2) is 19.0 Å². The number of nitrogens with zero attached hydrogens (tertiary/aromatic N) is 2. The molecule has 4 heterocycles. The number of fused-ring (bicyclic) bond motifs is 2. The Hall–Kier alpha value is -3.90. The summed E-state index contributed by atoms with van der Waals surface area (Å²) in [7, 11) is 5.18. The molecule has 4 aromatic rings. The molecule has 2 aromatic carbocycles. The van der Waals surface area contributed by atoms with Crippen molar-refractivity contribution in [2.45, 2.75) is 62.9 Å². The second-order valence-corrected chi connectivity index (χ2v) is 14.2. The van der Waals surface area contributed by atoms with Crippen molar-refractivity contribution in [3.05, 3.63) is 104 Å². The summed E-state index contributed by atoms with van der Waals surface area (Å²) >= 11 is 14.1. The number of para-hydroxylation sites is 1. The molecule has 258 valence electrons. The smallest absolute Gasteiger partial charge is 0.414 e. The van der Waals surface area contributed by atoms with E-state index in [1.165, 1.54) is 25.2 Å². The number of H-pyrrole nitrogens is 1. The molecule has 1 N–H and O–H groups in total. The second kappa shape index (κ2) is 15.3. The van der Waals surface area contributed by atoms with E-state index in [-0.39, 0.29) is 24.8 Å². The van der Waals surface area contributed by atoms with Gasteiger partial charge >= 0.3 is 12.1 Å². The quantitative estimate of drug-likeness (QED) is 0.145. The number of hydrogen-bond acceptors (Lipinski definition) is 8. The standard InChI is InChI=1S/C36H36Cl2FN3O6S/c1-41-22-9-10-23(41)16-24(15-22)47-36(44)42(30-7-5-4-6-29(30)39)20-25-11-13-34(49-25)35(43)48-32(17-26-27(37)18-40-19-28(26)38)21-8-12-31(45-2)33(14-21)46-3/h4-8,11-14,18-19,22-24,32H,9-10,15-17,20H2,1-3H3/p+1/t22-,23+,24?,32-/m0/s1. The summed E-state index contributed by atoms with van der Waals surface area (Å²) in [6.45, 7) is 0.00202. The first kappa shape index (κ1) is 34.9. The highest BCUT2D eigenvalue weighted by molar-refractivity contribution is 7.14. The third-order valence-electron chi connectivity index (χ3n) is 9.28. The number of pyridine rings is 1. The second-order valence-electron chi connectivity index (χ2n) is 12.2. The van der Waals surface area contributed by atoms with Gasteiger partial charge in [-0.15, -0.1) is 11.3 Å². The van der Waals surface area contributed by atoms with E-state index in [0.29, 0.717) is 54.5 Å². The summed E-state index contributed by atoms with van der Waals surface area (Å²) < 4.78 is 38.0. The molecule has 2 saturated heterocycles. The molecular formula is C36H37Cl2FN3O6S+. The van der Waals surface area contributed by atoms with Crippen LogP contribution < -0.4 is 19.4 Å². The van der Waals surface area contributed by atoms with Crippen LogP contribution in [0.1, 0.15) is 57.5 Å². The van der Waals surface area contributed by atoms with Crippen molar-refractivity contribution in [3.63, 3.8) is 0 Å². The molecule has 0 radical (unpaired) electrons. The first-order chi connectivity index (χ1) is 23.6. The SMILES string of the molecule is COc1ccc([C@H](Cc2c(Cl)c[nH+]cc2Cl)OC(=O)c2ccc(CN(C(=O)OC3C[C@H]4CC[C@@H](C3)N4C)c3ccccc3F)s2)cc1OC. The van der Waals surface area contributed by atoms with Crippen molar-refractivity contribution in [2.75, 3.05) is 26.2 Å². The number of halogens is 3. The molecule has 0 aliphatic carbocycles. The number of hydrogen-bond donors (Lipinski definition) is 0. The number of amides is 1. The van der Waals surface area contributed by atoms with E-state index in [2.05, 4.69) is 16.9 Å². The number of rotatable bonds is 11.